The third-order valence-electron chi connectivity index (χ3n) is 4.82. The molecule has 1 aliphatic rings. The highest BCUT2D eigenvalue weighted by molar-refractivity contribution is 7.98. The molecule has 0 saturated carbocycles. The van der Waals surface area contributed by atoms with Crippen molar-refractivity contribution in [1.82, 2.24) is 19.6 Å². The normalized spacial score (nSPS) is 17.5. The van der Waals surface area contributed by atoms with Gasteiger partial charge in [0.05, 0.1) is 17.5 Å². The van der Waals surface area contributed by atoms with Crippen LogP contribution in [0.3, 0.4) is 0 Å². The quantitative estimate of drug-likeness (QED) is 0.342. The van der Waals surface area contributed by atoms with Crippen LogP contribution in [0.15, 0.2) is 46.8 Å². The van der Waals surface area contributed by atoms with E-state index in [0.29, 0.717) is 5.65 Å². The van der Waals surface area contributed by atoms with Crippen LogP contribution in [0.2, 0.25) is 0 Å². The lowest BCUT2D eigenvalue weighted by Crippen LogP contribution is -2.41. The fourth-order valence-electron chi connectivity index (χ4n) is 3.35. The fourth-order valence-corrected chi connectivity index (χ4v) is 4.79. The van der Waals surface area contributed by atoms with Crippen LogP contribution in [0.1, 0.15) is 18.4 Å². The summed E-state index contributed by atoms with van der Waals surface area (Å²) in [5.74, 6) is 0. The lowest BCUT2D eigenvalue weighted by Gasteiger charge is -2.27. The van der Waals surface area contributed by atoms with Crippen molar-refractivity contribution in [3.8, 4) is 0 Å². The Morgan fingerprint density at radius 1 is 1.21 bits per heavy atom. The molecule has 1 fully saturated rings. The number of hydrogen-bond acceptors (Lipinski definition) is 8. The van der Waals surface area contributed by atoms with Crippen molar-refractivity contribution in [1.29, 1.82) is 0 Å². The van der Waals surface area contributed by atoms with Crippen LogP contribution in [-0.4, -0.2) is 53.5 Å². The Morgan fingerprint density at radius 3 is 2.75 bits per heavy atom. The largest absolute Gasteiger partial charge is 0.304 e. The molecule has 0 amide bonds. The number of imidazole rings is 1. The smallest absolute Gasteiger partial charge is 0.297 e. The molecule has 10 heteroatoms. The number of fused-ring (bicyclic) bond motifs is 1. The summed E-state index contributed by atoms with van der Waals surface area (Å²) in [5.41, 5.74) is 2.46. The first-order valence-corrected chi connectivity index (χ1v) is 11.6. The zero-order chi connectivity index (χ0) is 19.7. The average Bonchev–Trinajstić information content (AvgIpc) is 3.33. The maximum atomic E-state index is 12.5. The Hall–Kier alpha value is -2.17. The average molecular weight is 420 g/mol. The fraction of sp³-hybridized carbons (Fsp3) is 0.389. The number of benzene rings is 1. The molecule has 1 unspecified atom stereocenters. The Balaban J connectivity index is 1.54. The van der Waals surface area contributed by atoms with E-state index in [2.05, 4.69) is 20.0 Å². The van der Waals surface area contributed by atoms with Crippen molar-refractivity contribution in [2.75, 3.05) is 24.4 Å². The van der Waals surface area contributed by atoms with E-state index in [1.165, 1.54) is 18.1 Å². The molecule has 1 saturated heterocycles. The number of aryl methyl sites for hydroxylation is 1. The third kappa shape index (κ3) is 3.59. The Labute approximate surface area is 168 Å². The van der Waals surface area contributed by atoms with E-state index in [1.54, 1.807) is 30.6 Å². The molecule has 0 aliphatic carbocycles. The van der Waals surface area contributed by atoms with Gasteiger partial charge in [-0.15, -0.1) is 11.8 Å². The van der Waals surface area contributed by atoms with Crippen molar-refractivity contribution >= 4 is 33.0 Å². The second kappa shape index (κ2) is 7.69. The standard InChI is InChI=1S/C18H21N5O3S2/c1-13-5-7-15(8-6-13)28(24,25)26-10-14-4-3-9-22(14)23-12-21-16-17(23)19-11-20-18(16)27-2/h5-8,11-12,14H,3-4,9-10H2,1-2H3. The van der Waals surface area contributed by atoms with E-state index < -0.39 is 10.1 Å². The molecule has 1 atom stereocenters. The molecule has 4 rings (SSSR count). The highest BCUT2D eigenvalue weighted by Gasteiger charge is 2.29. The van der Waals surface area contributed by atoms with Gasteiger partial charge in [0.15, 0.2) is 5.65 Å². The monoisotopic (exact) mass is 419 g/mol. The number of hydrogen-bond donors (Lipinski definition) is 0. The van der Waals surface area contributed by atoms with E-state index in [4.69, 9.17) is 4.18 Å². The van der Waals surface area contributed by atoms with Crippen molar-refractivity contribution in [2.24, 2.45) is 0 Å². The van der Waals surface area contributed by atoms with Crippen LogP contribution in [0.5, 0.6) is 0 Å². The van der Waals surface area contributed by atoms with Crippen LogP contribution in [0.25, 0.3) is 11.2 Å². The molecular weight excluding hydrogens is 398 g/mol. The molecule has 1 aromatic carbocycles. The van der Waals surface area contributed by atoms with Crippen molar-refractivity contribution in [3.05, 3.63) is 42.5 Å². The van der Waals surface area contributed by atoms with Crippen molar-refractivity contribution < 1.29 is 12.6 Å². The van der Waals surface area contributed by atoms with Gasteiger partial charge in [0, 0.05) is 6.54 Å². The third-order valence-corrected chi connectivity index (χ3v) is 6.81. The summed E-state index contributed by atoms with van der Waals surface area (Å²) in [6.45, 7) is 2.77. The summed E-state index contributed by atoms with van der Waals surface area (Å²) in [6.07, 6.45) is 6.97. The predicted octanol–water partition coefficient (Wildman–Crippen LogP) is 2.36. The maximum absolute atomic E-state index is 12.5. The SMILES string of the molecule is CSc1ncnc2c1ncn2N1CCCC1COS(=O)(=O)c1ccc(C)cc1. The first kappa shape index (κ1) is 19.2. The first-order chi connectivity index (χ1) is 13.5. The zero-order valence-corrected chi connectivity index (χ0v) is 17.3. The second-order valence-electron chi connectivity index (χ2n) is 6.66. The van der Waals surface area contributed by atoms with E-state index in [0.717, 1.165) is 35.5 Å². The molecule has 148 valence electrons. The molecule has 0 N–H and O–H groups in total. The number of thioether (sulfide) groups is 1. The summed E-state index contributed by atoms with van der Waals surface area (Å²) in [7, 11) is -3.79. The van der Waals surface area contributed by atoms with Crippen LogP contribution in [0.4, 0.5) is 0 Å². The molecule has 0 spiro atoms. The maximum Gasteiger partial charge on any atom is 0.297 e. The van der Waals surface area contributed by atoms with Gasteiger partial charge in [0.25, 0.3) is 10.1 Å². The lowest BCUT2D eigenvalue weighted by molar-refractivity contribution is 0.280. The molecule has 2 aromatic heterocycles. The van der Waals surface area contributed by atoms with Crippen LogP contribution in [0, 0.1) is 6.92 Å². The zero-order valence-electron chi connectivity index (χ0n) is 15.6. The molecule has 8 nitrogen and oxygen atoms in total. The molecule has 0 bridgehead atoms. The predicted molar refractivity (Wildman–Crippen MR) is 108 cm³/mol. The number of aromatic nitrogens is 4. The summed E-state index contributed by atoms with van der Waals surface area (Å²) in [5, 5.41) is 2.88. The molecule has 0 radical (unpaired) electrons. The van der Waals surface area contributed by atoms with Gasteiger partial charge in [-0.25, -0.2) is 19.6 Å². The van der Waals surface area contributed by atoms with E-state index >= 15 is 0 Å². The minimum absolute atomic E-state index is 0.0784. The van der Waals surface area contributed by atoms with Gasteiger partial charge in [-0.2, -0.15) is 8.42 Å². The minimum Gasteiger partial charge on any atom is -0.304 e. The molecule has 1 aliphatic heterocycles. The van der Waals surface area contributed by atoms with E-state index in [1.807, 2.05) is 17.9 Å². The molecular formula is C18H21N5O3S2. The van der Waals surface area contributed by atoms with Gasteiger partial charge in [0.1, 0.15) is 23.2 Å². The van der Waals surface area contributed by atoms with Crippen LogP contribution in [-0.2, 0) is 14.3 Å². The van der Waals surface area contributed by atoms with Gasteiger partial charge < -0.3 is 5.01 Å². The van der Waals surface area contributed by atoms with E-state index in [-0.39, 0.29) is 17.5 Å². The minimum atomic E-state index is -3.79. The van der Waals surface area contributed by atoms with Crippen molar-refractivity contribution in [3.63, 3.8) is 0 Å². The van der Waals surface area contributed by atoms with E-state index in [9.17, 15) is 8.42 Å². The van der Waals surface area contributed by atoms with Gasteiger partial charge in [0.2, 0.25) is 0 Å². The van der Waals surface area contributed by atoms with Gasteiger partial charge >= 0.3 is 0 Å². The highest BCUT2D eigenvalue weighted by atomic mass is 32.2. The summed E-state index contributed by atoms with van der Waals surface area (Å²) < 4.78 is 32.3. The Kier molecular flexibility index (Phi) is 5.26. The summed E-state index contributed by atoms with van der Waals surface area (Å²) in [4.78, 5) is 13.2. The van der Waals surface area contributed by atoms with Gasteiger partial charge in [-0.05, 0) is 38.2 Å². The highest BCUT2D eigenvalue weighted by Crippen LogP contribution is 2.25. The first-order valence-electron chi connectivity index (χ1n) is 8.94. The van der Waals surface area contributed by atoms with Crippen molar-refractivity contribution in [2.45, 2.75) is 35.7 Å². The Morgan fingerprint density at radius 2 is 2.00 bits per heavy atom. The molecule has 28 heavy (non-hydrogen) atoms. The van der Waals surface area contributed by atoms with Gasteiger partial charge in [-0.1, -0.05) is 17.7 Å². The summed E-state index contributed by atoms with van der Waals surface area (Å²) in [6, 6.07) is 6.59. The van der Waals surface area contributed by atoms with Gasteiger partial charge in [-0.3, -0.25) is 4.18 Å². The second-order valence-corrected chi connectivity index (χ2v) is 9.07. The number of rotatable bonds is 6. The Bertz CT molecular complexity index is 1080. The molecule has 3 aromatic rings. The lowest BCUT2D eigenvalue weighted by atomic mass is 10.2. The molecule has 3 heterocycles. The van der Waals surface area contributed by atoms with Crippen LogP contribution >= 0.6 is 11.8 Å². The number of nitrogens with zero attached hydrogens (tertiary/aromatic N) is 5. The summed E-state index contributed by atoms with van der Waals surface area (Å²) >= 11 is 1.52. The van der Waals surface area contributed by atoms with Crippen LogP contribution < -0.4 is 5.01 Å². The topological polar surface area (TPSA) is 90.2 Å².